The Kier molecular flexibility index (Phi) is 3.28. The lowest BCUT2D eigenvalue weighted by molar-refractivity contribution is 0.0597. The van der Waals surface area contributed by atoms with E-state index in [1.54, 1.807) is 0 Å². The highest BCUT2D eigenvalue weighted by Gasteiger charge is 2.14. The molecule has 1 aromatic carbocycles. The Bertz CT molecular complexity index is 397. The molecule has 0 heterocycles. The van der Waals surface area contributed by atoms with Crippen molar-refractivity contribution in [3.63, 3.8) is 0 Å². The van der Waals surface area contributed by atoms with Gasteiger partial charge in [-0.3, -0.25) is 0 Å². The van der Waals surface area contributed by atoms with E-state index in [1.165, 1.54) is 32.4 Å². The molecule has 0 aromatic heterocycles. The van der Waals surface area contributed by atoms with Gasteiger partial charge in [0.1, 0.15) is 11.3 Å². The minimum Gasteiger partial charge on any atom is -0.496 e. The first-order chi connectivity index (χ1) is 7.10. The van der Waals surface area contributed by atoms with Crippen LogP contribution in [0.15, 0.2) is 18.2 Å². The number of methoxy groups -OCH3 is 2. The van der Waals surface area contributed by atoms with Crippen molar-refractivity contribution in [1.29, 1.82) is 0 Å². The van der Waals surface area contributed by atoms with Gasteiger partial charge in [0.05, 0.1) is 19.8 Å². The van der Waals surface area contributed by atoms with Gasteiger partial charge in [-0.15, -0.1) is 0 Å². The molecule has 1 aromatic rings. The fraction of sp³-hybridized carbons (Fsp3) is 0.200. The highest BCUT2D eigenvalue weighted by Crippen LogP contribution is 2.20. The van der Waals surface area contributed by atoms with Crippen molar-refractivity contribution < 1.29 is 24.2 Å². The van der Waals surface area contributed by atoms with Crippen LogP contribution in [0.2, 0.25) is 0 Å². The quantitative estimate of drug-likeness (QED) is 0.758. The molecule has 0 saturated carbocycles. The SMILES string of the molecule is COC(=O)c1ccc(C(=O)O)c(OC)c1. The van der Waals surface area contributed by atoms with Crippen LogP contribution in [0.1, 0.15) is 20.7 Å². The van der Waals surface area contributed by atoms with Crippen molar-refractivity contribution in [1.82, 2.24) is 0 Å². The average molecular weight is 210 g/mol. The molecular formula is C10H10O5. The molecular weight excluding hydrogens is 200 g/mol. The van der Waals surface area contributed by atoms with Crippen LogP contribution in [-0.2, 0) is 4.74 Å². The summed E-state index contributed by atoms with van der Waals surface area (Å²) in [7, 11) is 2.59. The third-order valence-corrected chi connectivity index (χ3v) is 1.85. The molecule has 0 aliphatic carbocycles. The predicted octanol–water partition coefficient (Wildman–Crippen LogP) is 1.18. The Balaban J connectivity index is 3.19. The zero-order chi connectivity index (χ0) is 11.4. The van der Waals surface area contributed by atoms with Crippen molar-refractivity contribution in [2.24, 2.45) is 0 Å². The Morgan fingerprint density at radius 2 is 1.93 bits per heavy atom. The third-order valence-electron chi connectivity index (χ3n) is 1.85. The van der Waals surface area contributed by atoms with Crippen LogP contribution in [0.3, 0.4) is 0 Å². The van der Waals surface area contributed by atoms with Crippen molar-refractivity contribution >= 4 is 11.9 Å². The summed E-state index contributed by atoms with van der Waals surface area (Å²) in [4.78, 5) is 21.9. The second-order valence-corrected chi connectivity index (χ2v) is 2.71. The maximum atomic E-state index is 11.1. The Labute approximate surface area is 86.2 Å². The van der Waals surface area contributed by atoms with Crippen molar-refractivity contribution in [2.75, 3.05) is 14.2 Å². The zero-order valence-electron chi connectivity index (χ0n) is 8.31. The van der Waals surface area contributed by atoms with E-state index in [1.807, 2.05) is 0 Å². The summed E-state index contributed by atoms with van der Waals surface area (Å²) < 4.78 is 9.35. The van der Waals surface area contributed by atoms with Gasteiger partial charge in [0.15, 0.2) is 0 Å². The van der Waals surface area contributed by atoms with Crippen LogP contribution in [0.5, 0.6) is 5.75 Å². The molecule has 0 amide bonds. The summed E-state index contributed by atoms with van der Waals surface area (Å²) in [5, 5.41) is 8.79. The van der Waals surface area contributed by atoms with Gasteiger partial charge in [-0.25, -0.2) is 9.59 Å². The largest absolute Gasteiger partial charge is 0.496 e. The molecule has 80 valence electrons. The molecule has 0 saturated heterocycles. The second-order valence-electron chi connectivity index (χ2n) is 2.71. The lowest BCUT2D eigenvalue weighted by Crippen LogP contribution is -2.05. The lowest BCUT2D eigenvalue weighted by Gasteiger charge is -2.06. The Morgan fingerprint density at radius 3 is 2.40 bits per heavy atom. The first-order valence-corrected chi connectivity index (χ1v) is 4.09. The second kappa shape index (κ2) is 4.45. The van der Waals surface area contributed by atoms with Crippen molar-refractivity contribution in [3.8, 4) is 5.75 Å². The zero-order valence-corrected chi connectivity index (χ0v) is 8.31. The molecule has 1 N–H and O–H groups in total. The van der Waals surface area contributed by atoms with Gasteiger partial charge >= 0.3 is 11.9 Å². The Morgan fingerprint density at radius 1 is 1.27 bits per heavy atom. The number of carboxylic acid groups (broad SMARTS) is 1. The van der Waals surface area contributed by atoms with Crippen molar-refractivity contribution in [2.45, 2.75) is 0 Å². The standard InChI is InChI=1S/C10H10O5/c1-14-8-5-6(10(13)15-2)3-4-7(8)9(11)12/h3-5H,1-2H3,(H,11,12). The summed E-state index contributed by atoms with van der Waals surface area (Å²) in [6.45, 7) is 0. The number of carbonyl (C=O) groups excluding carboxylic acids is 1. The number of benzene rings is 1. The monoisotopic (exact) mass is 210 g/mol. The average Bonchev–Trinajstić information content (AvgIpc) is 2.26. The number of carboxylic acids is 1. The first kappa shape index (κ1) is 11.0. The van der Waals surface area contributed by atoms with E-state index in [9.17, 15) is 9.59 Å². The number of carbonyl (C=O) groups is 2. The van der Waals surface area contributed by atoms with E-state index in [-0.39, 0.29) is 16.9 Å². The molecule has 0 spiro atoms. The number of rotatable bonds is 3. The molecule has 5 heteroatoms. The smallest absolute Gasteiger partial charge is 0.339 e. The number of hydrogen-bond acceptors (Lipinski definition) is 4. The fourth-order valence-electron chi connectivity index (χ4n) is 1.11. The summed E-state index contributed by atoms with van der Waals surface area (Å²) in [6.07, 6.45) is 0. The molecule has 5 nitrogen and oxygen atoms in total. The van der Waals surface area contributed by atoms with Crippen LogP contribution >= 0.6 is 0 Å². The number of hydrogen-bond donors (Lipinski definition) is 1. The first-order valence-electron chi connectivity index (χ1n) is 4.09. The molecule has 0 unspecified atom stereocenters. The number of ether oxygens (including phenoxy) is 2. The van der Waals surface area contributed by atoms with Gasteiger partial charge in [0.2, 0.25) is 0 Å². The highest BCUT2D eigenvalue weighted by molar-refractivity contribution is 5.95. The molecule has 1 rings (SSSR count). The summed E-state index contributed by atoms with van der Waals surface area (Å²) in [5.74, 6) is -1.51. The van der Waals surface area contributed by atoms with Crippen LogP contribution in [0.25, 0.3) is 0 Å². The van der Waals surface area contributed by atoms with Gasteiger partial charge < -0.3 is 14.6 Å². The summed E-state index contributed by atoms with van der Waals surface area (Å²) >= 11 is 0. The molecule has 0 radical (unpaired) electrons. The minimum atomic E-state index is -1.11. The van der Waals surface area contributed by atoms with E-state index in [4.69, 9.17) is 9.84 Å². The molecule has 0 aliphatic heterocycles. The van der Waals surface area contributed by atoms with Crippen LogP contribution in [0, 0.1) is 0 Å². The van der Waals surface area contributed by atoms with Gasteiger partial charge in [0, 0.05) is 0 Å². The van der Waals surface area contributed by atoms with E-state index < -0.39 is 11.9 Å². The van der Waals surface area contributed by atoms with Crippen LogP contribution in [-0.4, -0.2) is 31.3 Å². The predicted molar refractivity (Wildman–Crippen MR) is 51.3 cm³/mol. The lowest BCUT2D eigenvalue weighted by atomic mass is 10.1. The topological polar surface area (TPSA) is 72.8 Å². The van der Waals surface area contributed by atoms with Gasteiger partial charge in [-0.1, -0.05) is 0 Å². The van der Waals surface area contributed by atoms with Crippen molar-refractivity contribution in [3.05, 3.63) is 29.3 Å². The number of esters is 1. The van der Waals surface area contributed by atoms with E-state index in [2.05, 4.69) is 4.74 Å². The normalized spacial score (nSPS) is 9.47. The van der Waals surface area contributed by atoms with Gasteiger partial charge in [-0.2, -0.15) is 0 Å². The number of aromatic carboxylic acids is 1. The van der Waals surface area contributed by atoms with E-state index >= 15 is 0 Å². The molecule has 0 atom stereocenters. The van der Waals surface area contributed by atoms with Gasteiger partial charge in [0.25, 0.3) is 0 Å². The molecule has 15 heavy (non-hydrogen) atoms. The van der Waals surface area contributed by atoms with Crippen LogP contribution < -0.4 is 4.74 Å². The molecule has 0 aliphatic rings. The van der Waals surface area contributed by atoms with Crippen LogP contribution in [0.4, 0.5) is 0 Å². The Hall–Kier alpha value is -2.04. The highest BCUT2D eigenvalue weighted by atomic mass is 16.5. The summed E-state index contributed by atoms with van der Waals surface area (Å²) in [6, 6.07) is 4.00. The molecule has 0 fully saturated rings. The third kappa shape index (κ3) is 2.25. The van der Waals surface area contributed by atoms with E-state index in [0.717, 1.165) is 0 Å². The molecule has 0 bridgehead atoms. The summed E-state index contributed by atoms with van der Waals surface area (Å²) in [5.41, 5.74) is 0.254. The minimum absolute atomic E-state index is 0.00477. The van der Waals surface area contributed by atoms with E-state index in [0.29, 0.717) is 0 Å². The maximum Gasteiger partial charge on any atom is 0.339 e. The fourth-order valence-corrected chi connectivity index (χ4v) is 1.11. The maximum absolute atomic E-state index is 11.1. The van der Waals surface area contributed by atoms with Gasteiger partial charge in [-0.05, 0) is 18.2 Å².